The van der Waals surface area contributed by atoms with E-state index in [9.17, 15) is 14.9 Å². The molecule has 1 aromatic heterocycles. The minimum atomic E-state index is -0.566. The summed E-state index contributed by atoms with van der Waals surface area (Å²) in [4.78, 5) is 30.7. The number of H-pyrrole nitrogens is 1. The van der Waals surface area contributed by atoms with Crippen LogP contribution in [0.15, 0.2) is 75.6 Å². The minimum absolute atomic E-state index is 0.0616. The van der Waals surface area contributed by atoms with E-state index in [1.165, 1.54) is 17.2 Å². The highest BCUT2D eigenvalue weighted by atomic mass is 16.6. The van der Waals surface area contributed by atoms with Crippen LogP contribution in [-0.2, 0) is 12.0 Å². The molecular weight excluding hydrogens is 378 g/mol. The Kier molecular flexibility index (Phi) is 5.08. The van der Waals surface area contributed by atoms with E-state index in [4.69, 9.17) is 4.99 Å². The van der Waals surface area contributed by atoms with Crippen molar-refractivity contribution in [1.29, 1.82) is 0 Å². The summed E-state index contributed by atoms with van der Waals surface area (Å²) >= 11 is 0. The Balaban J connectivity index is 1.77. The first-order chi connectivity index (χ1) is 14.4. The summed E-state index contributed by atoms with van der Waals surface area (Å²) < 4.78 is 0. The van der Waals surface area contributed by atoms with Crippen molar-refractivity contribution in [3.8, 4) is 0 Å². The molecule has 2 aromatic rings. The zero-order valence-corrected chi connectivity index (χ0v) is 17.0. The summed E-state index contributed by atoms with van der Waals surface area (Å²) in [5, 5.41) is 11.2. The van der Waals surface area contributed by atoms with E-state index in [1.54, 1.807) is 42.6 Å². The highest BCUT2D eigenvalue weighted by molar-refractivity contribution is 5.81. The number of allylic oxidation sites excluding steroid dienone is 3. The van der Waals surface area contributed by atoms with Crippen LogP contribution in [0.25, 0.3) is 6.08 Å². The molecule has 6 nitrogen and oxygen atoms in total. The van der Waals surface area contributed by atoms with Crippen molar-refractivity contribution in [3.05, 3.63) is 103 Å². The van der Waals surface area contributed by atoms with E-state index < -0.39 is 5.54 Å². The molecule has 1 heterocycles. The maximum atomic E-state index is 11.9. The van der Waals surface area contributed by atoms with Gasteiger partial charge in [-0.1, -0.05) is 29.9 Å². The smallest absolute Gasteiger partial charge is 0.276 e. The largest absolute Gasteiger partial charge is 0.326 e. The van der Waals surface area contributed by atoms with Gasteiger partial charge in [0.15, 0.2) is 0 Å². The van der Waals surface area contributed by atoms with Crippen molar-refractivity contribution >= 4 is 18.0 Å². The molecular formula is C24H23N3O3. The van der Waals surface area contributed by atoms with Gasteiger partial charge >= 0.3 is 0 Å². The van der Waals surface area contributed by atoms with Crippen molar-refractivity contribution in [3.63, 3.8) is 0 Å². The van der Waals surface area contributed by atoms with Crippen molar-refractivity contribution in [2.75, 3.05) is 0 Å². The molecule has 1 aromatic carbocycles. The Morgan fingerprint density at radius 3 is 2.83 bits per heavy atom. The predicted molar refractivity (Wildman–Crippen MR) is 119 cm³/mol. The quantitative estimate of drug-likeness (QED) is 0.348. The average molecular weight is 401 g/mol. The first-order valence-electron chi connectivity index (χ1n) is 9.96. The number of para-hydroxylation sites is 1. The number of nitro groups is 1. The van der Waals surface area contributed by atoms with Gasteiger partial charge in [-0.15, -0.1) is 0 Å². The van der Waals surface area contributed by atoms with Gasteiger partial charge in [-0.05, 0) is 50.1 Å². The maximum absolute atomic E-state index is 11.9. The second-order valence-electron chi connectivity index (χ2n) is 7.77. The van der Waals surface area contributed by atoms with Gasteiger partial charge in [-0.2, -0.15) is 0 Å². The third kappa shape index (κ3) is 3.34. The normalized spacial score (nSPS) is 24.3. The maximum Gasteiger partial charge on any atom is 0.276 e. The van der Waals surface area contributed by atoms with Crippen LogP contribution in [0.5, 0.6) is 0 Å². The Labute approximate surface area is 174 Å². The molecule has 0 aliphatic heterocycles. The Hall–Kier alpha value is -3.54. The Morgan fingerprint density at radius 1 is 1.27 bits per heavy atom. The molecule has 0 unspecified atom stereocenters. The number of nitrogens with one attached hydrogen (secondary N) is 1. The van der Waals surface area contributed by atoms with Crippen molar-refractivity contribution in [1.82, 2.24) is 4.98 Å². The SMILES string of the molecule is C/C=C1\[C@H]2C=C(C)C[C@]1(N=C/C=C/c1ccccc1[N+](=O)[O-])c1ccc(=O)[nH]c1C2. The molecule has 0 fully saturated rings. The van der Waals surface area contributed by atoms with Gasteiger partial charge in [0.1, 0.15) is 5.54 Å². The van der Waals surface area contributed by atoms with E-state index in [0.29, 0.717) is 5.56 Å². The number of aromatic nitrogens is 1. The number of nitro benzene ring substituents is 1. The number of pyridine rings is 1. The van der Waals surface area contributed by atoms with Crippen LogP contribution in [0, 0.1) is 16.0 Å². The second kappa shape index (κ2) is 7.71. The molecule has 6 heteroatoms. The van der Waals surface area contributed by atoms with Crippen LogP contribution in [0.3, 0.4) is 0 Å². The summed E-state index contributed by atoms with van der Waals surface area (Å²) in [6.45, 7) is 4.14. The number of hydrogen-bond donors (Lipinski definition) is 1. The van der Waals surface area contributed by atoms with Crippen LogP contribution in [0.4, 0.5) is 5.69 Å². The summed E-state index contributed by atoms with van der Waals surface area (Å²) in [6.07, 6.45) is 11.0. The number of fused-ring (bicyclic) bond motifs is 4. The molecule has 2 aliphatic carbocycles. The number of aromatic amines is 1. The summed E-state index contributed by atoms with van der Waals surface area (Å²) in [5.41, 5.74) is 4.37. The summed E-state index contributed by atoms with van der Waals surface area (Å²) in [6, 6.07) is 10.1. The zero-order valence-electron chi connectivity index (χ0n) is 17.0. The van der Waals surface area contributed by atoms with E-state index in [2.05, 4.69) is 24.1 Å². The van der Waals surface area contributed by atoms with Gasteiger partial charge in [0.2, 0.25) is 5.56 Å². The number of aliphatic imine (C=N–C) groups is 1. The highest BCUT2D eigenvalue weighted by Crippen LogP contribution is 2.51. The van der Waals surface area contributed by atoms with Gasteiger partial charge in [-0.3, -0.25) is 19.9 Å². The van der Waals surface area contributed by atoms with Crippen molar-refractivity contribution in [2.45, 2.75) is 32.2 Å². The van der Waals surface area contributed by atoms with Crippen molar-refractivity contribution in [2.24, 2.45) is 10.9 Å². The van der Waals surface area contributed by atoms with Crippen LogP contribution < -0.4 is 5.56 Å². The fourth-order valence-corrected chi connectivity index (χ4v) is 4.76. The highest BCUT2D eigenvalue weighted by Gasteiger charge is 2.46. The molecule has 4 rings (SSSR count). The monoisotopic (exact) mass is 401 g/mol. The molecule has 1 N–H and O–H groups in total. The fraction of sp³-hybridized carbons (Fsp3) is 0.250. The Bertz CT molecular complexity index is 1190. The fourth-order valence-electron chi connectivity index (χ4n) is 4.76. The van der Waals surface area contributed by atoms with Gasteiger partial charge in [0.05, 0.1) is 10.5 Å². The number of benzene rings is 1. The molecule has 0 saturated carbocycles. The zero-order chi connectivity index (χ0) is 21.3. The van der Waals surface area contributed by atoms with E-state index in [1.807, 2.05) is 13.0 Å². The summed E-state index contributed by atoms with van der Waals surface area (Å²) in [5.74, 6) is 0.200. The number of hydrogen-bond acceptors (Lipinski definition) is 4. The number of rotatable bonds is 4. The van der Waals surface area contributed by atoms with Crippen LogP contribution in [0.1, 0.15) is 37.1 Å². The first-order valence-corrected chi connectivity index (χ1v) is 9.96. The van der Waals surface area contributed by atoms with E-state index >= 15 is 0 Å². The molecule has 0 spiro atoms. The standard InChI is InChI=1S/C24H23N3O3/c1-3-19-18-13-16(2)15-24(19,20-10-11-23(28)26-21(20)14-18)25-12-6-8-17-7-4-5-9-22(17)27(29)30/h3-13,18H,14-15H2,1-2H3,(H,26,28)/b8-6+,19-3+,25-12?/t18-,24+/m0/s1. The molecule has 152 valence electrons. The first kappa shape index (κ1) is 19.8. The Morgan fingerprint density at radius 2 is 2.07 bits per heavy atom. The molecule has 2 atom stereocenters. The minimum Gasteiger partial charge on any atom is -0.326 e. The van der Waals surface area contributed by atoms with Crippen LogP contribution >= 0.6 is 0 Å². The third-order valence-electron chi connectivity index (χ3n) is 5.87. The number of nitrogens with zero attached hydrogens (tertiary/aromatic N) is 2. The van der Waals surface area contributed by atoms with Gasteiger partial charge in [0, 0.05) is 41.9 Å². The van der Waals surface area contributed by atoms with Gasteiger partial charge in [0.25, 0.3) is 5.69 Å². The summed E-state index contributed by atoms with van der Waals surface area (Å²) in [7, 11) is 0. The van der Waals surface area contributed by atoms with Crippen LogP contribution in [0.2, 0.25) is 0 Å². The van der Waals surface area contributed by atoms with Gasteiger partial charge in [-0.25, -0.2) is 0 Å². The lowest BCUT2D eigenvalue weighted by Gasteiger charge is -2.45. The van der Waals surface area contributed by atoms with E-state index in [-0.39, 0.29) is 22.1 Å². The second-order valence-corrected chi connectivity index (χ2v) is 7.77. The average Bonchev–Trinajstić information content (AvgIpc) is 2.70. The molecule has 2 aliphatic rings. The van der Waals surface area contributed by atoms with E-state index in [0.717, 1.165) is 24.1 Å². The lowest BCUT2D eigenvalue weighted by atomic mass is 9.63. The van der Waals surface area contributed by atoms with Crippen LogP contribution in [-0.4, -0.2) is 16.1 Å². The molecule has 0 amide bonds. The van der Waals surface area contributed by atoms with Gasteiger partial charge < -0.3 is 4.98 Å². The molecule has 2 bridgehead atoms. The molecule has 0 radical (unpaired) electrons. The topological polar surface area (TPSA) is 88.4 Å². The lowest BCUT2D eigenvalue weighted by Crippen LogP contribution is -2.40. The predicted octanol–water partition coefficient (Wildman–Crippen LogP) is 4.73. The lowest BCUT2D eigenvalue weighted by molar-refractivity contribution is -0.385. The molecule has 30 heavy (non-hydrogen) atoms. The van der Waals surface area contributed by atoms with Crippen molar-refractivity contribution < 1.29 is 4.92 Å². The third-order valence-corrected chi connectivity index (χ3v) is 5.87. The molecule has 0 saturated heterocycles.